The van der Waals surface area contributed by atoms with Gasteiger partial charge in [0, 0.05) is 5.69 Å². The minimum Gasteiger partial charge on any atom is -0.338 e. The van der Waals surface area contributed by atoms with Gasteiger partial charge in [0.15, 0.2) is 0 Å². The molecule has 0 radical (unpaired) electrons. The second-order valence-electron chi connectivity index (χ2n) is 3.50. The van der Waals surface area contributed by atoms with E-state index in [1.807, 2.05) is 32.0 Å². The smallest absolute Gasteiger partial charge is 0.240 e. The Morgan fingerprint density at radius 2 is 2.19 bits per heavy atom. The van der Waals surface area contributed by atoms with Gasteiger partial charge in [0.05, 0.1) is 4.83 Å². The topological polar surface area (TPSA) is 51.8 Å². The predicted octanol–water partition coefficient (Wildman–Crippen LogP) is 3.29. The molecule has 0 saturated carbocycles. The summed E-state index contributed by atoms with van der Waals surface area (Å²) in [6, 6.07) is 5.74. The van der Waals surface area contributed by atoms with Crippen LogP contribution in [0, 0.1) is 6.92 Å². The predicted molar refractivity (Wildman–Crippen MR) is 64.2 cm³/mol. The van der Waals surface area contributed by atoms with Crippen molar-refractivity contribution in [2.24, 2.45) is 0 Å². The first-order chi connectivity index (χ1) is 7.70. The van der Waals surface area contributed by atoms with Gasteiger partial charge in [-0.3, -0.25) is 0 Å². The van der Waals surface area contributed by atoms with Gasteiger partial charge in [-0.1, -0.05) is 34.1 Å². The summed E-state index contributed by atoms with van der Waals surface area (Å²) in [5.41, 5.74) is 1.68. The van der Waals surface area contributed by atoms with Gasteiger partial charge in [0.2, 0.25) is 11.7 Å². The van der Waals surface area contributed by atoms with E-state index in [-0.39, 0.29) is 4.83 Å². The zero-order valence-corrected chi connectivity index (χ0v) is 10.7. The van der Waals surface area contributed by atoms with Gasteiger partial charge >= 0.3 is 0 Å². The lowest BCUT2D eigenvalue weighted by atomic mass is 10.3. The third-order valence-electron chi connectivity index (χ3n) is 2.19. The molecule has 0 spiro atoms. The van der Waals surface area contributed by atoms with Crippen molar-refractivity contribution in [3.05, 3.63) is 29.8 Å². The number of rotatable bonds is 3. The lowest BCUT2D eigenvalue weighted by molar-refractivity contribution is 0.377. The van der Waals surface area contributed by atoms with E-state index in [4.69, 9.17) is 4.52 Å². The number of halogens is 1. The molecule has 0 aliphatic rings. The van der Waals surface area contributed by atoms with E-state index >= 15 is 0 Å². The summed E-state index contributed by atoms with van der Waals surface area (Å²) in [6.07, 6.45) is 0.906. The van der Waals surface area contributed by atoms with Gasteiger partial charge in [-0.05, 0) is 25.5 Å². The maximum absolute atomic E-state index is 5.16. The van der Waals surface area contributed by atoms with Crippen LogP contribution in [0.2, 0.25) is 0 Å². The molecular formula is C11H12BrN3O. The fourth-order valence-electron chi connectivity index (χ4n) is 1.31. The maximum Gasteiger partial charge on any atom is 0.240 e. The SMILES string of the molecule is CCC(Br)c1nc(-c2cccc(C)n2)no1. The van der Waals surface area contributed by atoms with E-state index < -0.39 is 0 Å². The Bertz CT molecular complexity index is 484. The van der Waals surface area contributed by atoms with Crippen molar-refractivity contribution in [2.75, 3.05) is 0 Å². The quantitative estimate of drug-likeness (QED) is 0.810. The molecule has 0 aromatic carbocycles. The summed E-state index contributed by atoms with van der Waals surface area (Å²) in [6.45, 7) is 3.98. The molecule has 16 heavy (non-hydrogen) atoms. The van der Waals surface area contributed by atoms with Crippen LogP contribution in [-0.4, -0.2) is 15.1 Å². The van der Waals surface area contributed by atoms with Gasteiger partial charge < -0.3 is 4.52 Å². The fraction of sp³-hybridized carbons (Fsp3) is 0.364. The van der Waals surface area contributed by atoms with Gasteiger partial charge in [0.1, 0.15) is 5.69 Å². The van der Waals surface area contributed by atoms with Crippen molar-refractivity contribution >= 4 is 15.9 Å². The molecule has 0 bridgehead atoms. The van der Waals surface area contributed by atoms with Crippen LogP contribution in [0.3, 0.4) is 0 Å². The van der Waals surface area contributed by atoms with E-state index in [9.17, 15) is 0 Å². The van der Waals surface area contributed by atoms with Crippen molar-refractivity contribution < 1.29 is 4.52 Å². The van der Waals surface area contributed by atoms with E-state index in [1.54, 1.807) is 0 Å². The number of pyridine rings is 1. The summed E-state index contributed by atoms with van der Waals surface area (Å²) < 4.78 is 5.16. The maximum atomic E-state index is 5.16. The number of hydrogen-bond acceptors (Lipinski definition) is 4. The molecule has 1 atom stereocenters. The summed E-state index contributed by atoms with van der Waals surface area (Å²) in [7, 11) is 0. The lowest BCUT2D eigenvalue weighted by Crippen LogP contribution is -1.90. The molecule has 0 fully saturated rings. The Labute approximate surface area is 102 Å². The summed E-state index contributed by atoms with van der Waals surface area (Å²) in [5.74, 6) is 1.14. The van der Waals surface area contributed by atoms with Crippen LogP contribution in [0.1, 0.15) is 29.8 Å². The molecule has 2 aromatic heterocycles. The molecule has 4 nitrogen and oxygen atoms in total. The van der Waals surface area contributed by atoms with Crippen molar-refractivity contribution in [3.8, 4) is 11.5 Å². The van der Waals surface area contributed by atoms with E-state index in [0.29, 0.717) is 11.7 Å². The highest BCUT2D eigenvalue weighted by molar-refractivity contribution is 9.09. The molecule has 1 unspecified atom stereocenters. The molecule has 5 heteroatoms. The van der Waals surface area contributed by atoms with Crippen LogP contribution in [0.5, 0.6) is 0 Å². The van der Waals surface area contributed by atoms with Crippen molar-refractivity contribution in [1.29, 1.82) is 0 Å². The average Bonchev–Trinajstić information content (AvgIpc) is 2.77. The van der Waals surface area contributed by atoms with Crippen LogP contribution in [0.25, 0.3) is 11.5 Å². The molecule has 0 saturated heterocycles. The Hall–Kier alpha value is -1.23. The van der Waals surface area contributed by atoms with Crippen molar-refractivity contribution in [3.63, 3.8) is 0 Å². The molecule has 84 valence electrons. The third-order valence-corrected chi connectivity index (χ3v) is 3.22. The summed E-state index contributed by atoms with van der Waals surface area (Å²) in [5, 5.41) is 3.92. The Morgan fingerprint density at radius 3 is 2.88 bits per heavy atom. The highest BCUT2D eigenvalue weighted by atomic mass is 79.9. The molecule has 0 N–H and O–H groups in total. The highest BCUT2D eigenvalue weighted by Crippen LogP contribution is 2.25. The largest absolute Gasteiger partial charge is 0.338 e. The monoisotopic (exact) mass is 281 g/mol. The van der Waals surface area contributed by atoms with Crippen LogP contribution in [0.15, 0.2) is 22.7 Å². The molecule has 2 aromatic rings. The summed E-state index contributed by atoms with van der Waals surface area (Å²) in [4.78, 5) is 8.76. The average molecular weight is 282 g/mol. The minimum absolute atomic E-state index is 0.110. The van der Waals surface area contributed by atoms with E-state index in [1.165, 1.54) is 0 Å². The van der Waals surface area contributed by atoms with Gasteiger partial charge in [-0.15, -0.1) is 0 Å². The highest BCUT2D eigenvalue weighted by Gasteiger charge is 2.15. The number of aromatic nitrogens is 3. The van der Waals surface area contributed by atoms with Gasteiger partial charge in [0.25, 0.3) is 0 Å². The van der Waals surface area contributed by atoms with Crippen molar-refractivity contribution in [2.45, 2.75) is 25.1 Å². The molecular weight excluding hydrogens is 270 g/mol. The Kier molecular flexibility index (Phi) is 3.33. The normalized spacial score (nSPS) is 12.7. The first-order valence-electron chi connectivity index (χ1n) is 5.12. The van der Waals surface area contributed by atoms with Crippen LogP contribution >= 0.6 is 15.9 Å². The van der Waals surface area contributed by atoms with Crippen molar-refractivity contribution in [1.82, 2.24) is 15.1 Å². The number of nitrogens with zero attached hydrogens (tertiary/aromatic N) is 3. The second-order valence-corrected chi connectivity index (χ2v) is 4.60. The Morgan fingerprint density at radius 1 is 1.38 bits per heavy atom. The Balaban J connectivity index is 2.31. The minimum atomic E-state index is 0.110. The standard InChI is InChI=1S/C11H12BrN3O/c1-3-8(12)11-14-10(15-16-11)9-6-4-5-7(2)13-9/h4-6,8H,3H2,1-2H3. The lowest BCUT2D eigenvalue weighted by Gasteiger charge is -1.97. The van der Waals surface area contributed by atoms with E-state index in [0.717, 1.165) is 17.8 Å². The van der Waals surface area contributed by atoms with Gasteiger partial charge in [-0.2, -0.15) is 4.98 Å². The molecule has 0 aliphatic carbocycles. The molecule has 0 aliphatic heterocycles. The third kappa shape index (κ3) is 2.29. The van der Waals surface area contributed by atoms with Crippen LogP contribution < -0.4 is 0 Å². The van der Waals surface area contributed by atoms with Crippen LogP contribution in [-0.2, 0) is 0 Å². The zero-order valence-electron chi connectivity index (χ0n) is 9.14. The molecule has 2 heterocycles. The molecule has 2 rings (SSSR count). The zero-order chi connectivity index (χ0) is 11.5. The van der Waals surface area contributed by atoms with E-state index in [2.05, 4.69) is 31.1 Å². The van der Waals surface area contributed by atoms with Gasteiger partial charge in [-0.25, -0.2) is 4.98 Å². The first kappa shape index (κ1) is 11.3. The number of hydrogen-bond donors (Lipinski definition) is 0. The number of aryl methyl sites for hydroxylation is 1. The summed E-state index contributed by atoms with van der Waals surface area (Å²) >= 11 is 3.47. The second kappa shape index (κ2) is 4.74. The number of alkyl halides is 1. The first-order valence-corrected chi connectivity index (χ1v) is 6.04. The fourth-order valence-corrected chi connectivity index (χ4v) is 1.49. The van der Waals surface area contributed by atoms with Crippen LogP contribution in [0.4, 0.5) is 0 Å². The molecule has 0 amide bonds.